The highest BCUT2D eigenvalue weighted by molar-refractivity contribution is 5.75. The standard InChI is InChI=1S/C16H30N2O2/c1-13-6-8-16(9-7-13,15(19)20)12-18-10-4-5-14(18)11-17(2)3/h13-14H,4-12H2,1-3H3,(H,19,20). The summed E-state index contributed by atoms with van der Waals surface area (Å²) in [6, 6.07) is 0.542. The lowest BCUT2D eigenvalue weighted by molar-refractivity contribution is -0.153. The van der Waals surface area contributed by atoms with Gasteiger partial charge in [0.05, 0.1) is 5.41 Å². The monoisotopic (exact) mass is 282 g/mol. The van der Waals surface area contributed by atoms with Crippen molar-refractivity contribution in [2.45, 2.75) is 51.5 Å². The highest BCUT2D eigenvalue weighted by Crippen LogP contribution is 2.41. The lowest BCUT2D eigenvalue weighted by Gasteiger charge is -2.40. The number of hydrogen-bond donors (Lipinski definition) is 1. The van der Waals surface area contributed by atoms with Crippen LogP contribution in [0, 0.1) is 11.3 Å². The Labute approximate surface area is 123 Å². The zero-order chi connectivity index (χ0) is 14.8. The number of likely N-dealkylation sites (N-methyl/N-ethyl adjacent to an activating group) is 1. The fraction of sp³-hybridized carbons (Fsp3) is 0.938. The number of aliphatic carboxylic acids is 1. The predicted molar refractivity (Wildman–Crippen MR) is 80.8 cm³/mol. The van der Waals surface area contributed by atoms with Crippen molar-refractivity contribution in [3.8, 4) is 0 Å². The second-order valence-electron chi connectivity index (χ2n) is 7.30. The summed E-state index contributed by atoms with van der Waals surface area (Å²) >= 11 is 0. The number of carboxylic acid groups (broad SMARTS) is 1. The van der Waals surface area contributed by atoms with Gasteiger partial charge >= 0.3 is 5.97 Å². The topological polar surface area (TPSA) is 43.8 Å². The van der Waals surface area contributed by atoms with Gasteiger partial charge in [0.2, 0.25) is 0 Å². The summed E-state index contributed by atoms with van der Waals surface area (Å²) in [5.41, 5.74) is -0.485. The number of carbonyl (C=O) groups is 1. The number of hydrogen-bond acceptors (Lipinski definition) is 3. The maximum Gasteiger partial charge on any atom is 0.310 e. The van der Waals surface area contributed by atoms with Gasteiger partial charge in [0.15, 0.2) is 0 Å². The molecule has 4 heteroatoms. The number of likely N-dealkylation sites (tertiary alicyclic amines) is 1. The maximum atomic E-state index is 11.9. The molecule has 0 aromatic heterocycles. The molecule has 1 heterocycles. The van der Waals surface area contributed by atoms with Gasteiger partial charge in [0.1, 0.15) is 0 Å². The van der Waals surface area contributed by atoms with E-state index in [-0.39, 0.29) is 0 Å². The van der Waals surface area contributed by atoms with E-state index in [4.69, 9.17) is 0 Å². The molecule has 1 unspecified atom stereocenters. The maximum absolute atomic E-state index is 11.9. The summed E-state index contributed by atoms with van der Waals surface area (Å²) in [6.07, 6.45) is 6.27. The zero-order valence-corrected chi connectivity index (χ0v) is 13.3. The first kappa shape index (κ1) is 15.8. The van der Waals surface area contributed by atoms with Crippen molar-refractivity contribution in [2.24, 2.45) is 11.3 Å². The zero-order valence-electron chi connectivity index (χ0n) is 13.3. The van der Waals surface area contributed by atoms with Crippen molar-refractivity contribution in [3.05, 3.63) is 0 Å². The Morgan fingerprint density at radius 2 is 1.95 bits per heavy atom. The fourth-order valence-electron chi connectivity index (χ4n) is 3.87. The minimum absolute atomic E-state index is 0.485. The van der Waals surface area contributed by atoms with Gasteiger partial charge in [-0.15, -0.1) is 0 Å². The molecule has 1 saturated heterocycles. The van der Waals surface area contributed by atoms with E-state index in [1.54, 1.807) is 0 Å². The minimum Gasteiger partial charge on any atom is -0.481 e. The summed E-state index contributed by atoms with van der Waals surface area (Å²) in [7, 11) is 4.21. The Kier molecular flexibility index (Phi) is 5.08. The van der Waals surface area contributed by atoms with E-state index < -0.39 is 11.4 Å². The molecule has 0 spiro atoms. The van der Waals surface area contributed by atoms with Gasteiger partial charge in [0, 0.05) is 19.1 Å². The largest absolute Gasteiger partial charge is 0.481 e. The van der Waals surface area contributed by atoms with Gasteiger partial charge in [-0.2, -0.15) is 0 Å². The van der Waals surface area contributed by atoms with Gasteiger partial charge in [-0.25, -0.2) is 0 Å². The van der Waals surface area contributed by atoms with Crippen molar-refractivity contribution >= 4 is 5.97 Å². The van der Waals surface area contributed by atoms with E-state index in [1.165, 1.54) is 12.8 Å². The Bertz CT molecular complexity index is 335. The normalized spacial score (nSPS) is 35.6. The number of nitrogens with zero attached hydrogens (tertiary/aromatic N) is 2. The summed E-state index contributed by atoms with van der Waals surface area (Å²) < 4.78 is 0. The summed E-state index contributed by atoms with van der Waals surface area (Å²) in [5, 5.41) is 9.77. The second-order valence-corrected chi connectivity index (χ2v) is 7.30. The molecule has 1 saturated carbocycles. The van der Waals surface area contributed by atoms with Crippen molar-refractivity contribution in [1.82, 2.24) is 9.80 Å². The van der Waals surface area contributed by atoms with E-state index in [2.05, 4.69) is 30.8 Å². The first-order valence-electron chi connectivity index (χ1n) is 8.05. The molecule has 1 N–H and O–H groups in total. The molecule has 1 atom stereocenters. The molecule has 0 aromatic rings. The van der Waals surface area contributed by atoms with Gasteiger partial charge in [-0.3, -0.25) is 9.69 Å². The van der Waals surface area contributed by atoms with E-state index in [9.17, 15) is 9.90 Å². The first-order valence-corrected chi connectivity index (χ1v) is 8.05. The van der Waals surface area contributed by atoms with Crippen LogP contribution in [0.15, 0.2) is 0 Å². The third-order valence-corrected chi connectivity index (χ3v) is 5.27. The fourth-order valence-corrected chi connectivity index (χ4v) is 3.87. The third-order valence-electron chi connectivity index (χ3n) is 5.27. The van der Waals surface area contributed by atoms with Crippen LogP contribution in [0.3, 0.4) is 0 Å². The molecule has 116 valence electrons. The van der Waals surface area contributed by atoms with Crippen LogP contribution >= 0.6 is 0 Å². The van der Waals surface area contributed by atoms with Crippen molar-refractivity contribution in [2.75, 3.05) is 33.7 Å². The van der Waals surface area contributed by atoms with E-state index in [1.807, 2.05) is 0 Å². The lowest BCUT2D eigenvalue weighted by atomic mass is 9.70. The predicted octanol–water partition coefficient (Wildman–Crippen LogP) is 2.29. The molecule has 1 aliphatic carbocycles. The lowest BCUT2D eigenvalue weighted by Crippen LogP contribution is -2.48. The molecule has 0 bridgehead atoms. The second kappa shape index (κ2) is 6.44. The van der Waals surface area contributed by atoms with Crippen LogP contribution in [0.2, 0.25) is 0 Å². The molecular weight excluding hydrogens is 252 g/mol. The molecule has 1 aliphatic heterocycles. The van der Waals surface area contributed by atoms with Crippen LogP contribution in [0.4, 0.5) is 0 Å². The molecule has 0 radical (unpaired) electrons. The van der Waals surface area contributed by atoms with Crippen LogP contribution in [0.5, 0.6) is 0 Å². The number of rotatable bonds is 5. The van der Waals surface area contributed by atoms with Gasteiger partial charge in [-0.05, 0) is 65.1 Å². The average molecular weight is 282 g/mol. The molecule has 0 aromatic carbocycles. The van der Waals surface area contributed by atoms with Gasteiger partial charge < -0.3 is 10.0 Å². The van der Waals surface area contributed by atoms with E-state index >= 15 is 0 Å². The van der Waals surface area contributed by atoms with E-state index in [0.717, 1.165) is 45.3 Å². The van der Waals surface area contributed by atoms with Gasteiger partial charge in [-0.1, -0.05) is 6.92 Å². The van der Waals surface area contributed by atoms with E-state index in [0.29, 0.717) is 12.0 Å². The molecule has 2 rings (SSSR count). The quantitative estimate of drug-likeness (QED) is 0.840. The van der Waals surface area contributed by atoms with Crippen LogP contribution in [0.1, 0.15) is 45.4 Å². The average Bonchev–Trinajstić information content (AvgIpc) is 2.78. The molecule has 2 aliphatic rings. The molecule has 20 heavy (non-hydrogen) atoms. The Morgan fingerprint density at radius 3 is 2.50 bits per heavy atom. The summed E-state index contributed by atoms with van der Waals surface area (Å²) in [4.78, 5) is 16.5. The highest BCUT2D eigenvalue weighted by atomic mass is 16.4. The summed E-state index contributed by atoms with van der Waals surface area (Å²) in [5.74, 6) is 0.124. The van der Waals surface area contributed by atoms with Crippen molar-refractivity contribution in [1.29, 1.82) is 0 Å². The third kappa shape index (κ3) is 3.53. The highest BCUT2D eigenvalue weighted by Gasteiger charge is 2.44. The Hall–Kier alpha value is -0.610. The van der Waals surface area contributed by atoms with Crippen LogP contribution < -0.4 is 0 Å². The summed E-state index contributed by atoms with van der Waals surface area (Å²) in [6.45, 7) is 5.12. The van der Waals surface area contributed by atoms with Crippen LogP contribution in [-0.2, 0) is 4.79 Å². The molecule has 2 fully saturated rings. The molecular formula is C16H30N2O2. The Morgan fingerprint density at radius 1 is 1.30 bits per heavy atom. The Balaban J connectivity index is 2.02. The van der Waals surface area contributed by atoms with Crippen molar-refractivity contribution in [3.63, 3.8) is 0 Å². The van der Waals surface area contributed by atoms with Gasteiger partial charge in [0.25, 0.3) is 0 Å². The first-order chi connectivity index (χ1) is 9.43. The van der Waals surface area contributed by atoms with Crippen LogP contribution in [0.25, 0.3) is 0 Å². The minimum atomic E-state index is -0.570. The number of carboxylic acids is 1. The molecule has 4 nitrogen and oxygen atoms in total. The molecule has 0 amide bonds. The smallest absolute Gasteiger partial charge is 0.310 e. The van der Waals surface area contributed by atoms with Crippen LogP contribution in [-0.4, -0.2) is 60.6 Å². The van der Waals surface area contributed by atoms with Crippen molar-refractivity contribution < 1.29 is 9.90 Å². The SMILES string of the molecule is CC1CCC(CN2CCCC2CN(C)C)(C(=O)O)CC1.